The minimum absolute atomic E-state index is 0.0942. The Labute approximate surface area is 147 Å². The van der Waals surface area contributed by atoms with E-state index in [-0.39, 0.29) is 23.9 Å². The number of nitrogens with one attached hydrogen (secondary N) is 3. The zero-order valence-electron chi connectivity index (χ0n) is 14.4. The maximum Gasteiger partial charge on any atom is 0.315 e. The fraction of sp³-hybridized carbons (Fsp3) is 0.471. The van der Waals surface area contributed by atoms with Gasteiger partial charge in [-0.1, -0.05) is 51.4 Å². The molecule has 0 saturated carbocycles. The molecule has 0 fully saturated rings. The van der Waals surface area contributed by atoms with Crippen LogP contribution in [0.1, 0.15) is 56.9 Å². The summed E-state index contributed by atoms with van der Waals surface area (Å²) in [6.07, 6.45) is 0. The summed E-state index contributed by atoms with van der Waals surface area (Å²) in [6, 6.07) is 7.17. The van der Waals surface area contributed by atoms with Gasteiger partial charge in [0.25, 0.3) is 0 Å². The predicted molar refractivity (Wildman–Crippen MR) is 94.9 cm³/mol. The van der Waals surface area contributed by atoms with E-state index in [1.54, 1.807) is 0 Å². The first-order valence-corrected chi connectivity index (χ1v) is 8.45. The number of hydrogen-bond donors (Lipinski definition) is 3. The van der Waals surface area contributed by atoms with Crippen molar-refractivity contribution in [3.8, 4) is 0 Å². The molecule has 0 aliphatic heterocycles. The number of H-pyrrole nitrogens is 1. The molecule has 7 heteroatoms. The lowest BCUT2D eigenvalue weighted by Crippen LogP contribution is -2.39. The van der Waals surface area contributed by atoms with Gasteiger partial charge in [0.1, 0.15) is 5.82 Å². The lowest BCUT2D eigenvalue weighted by molar-refractivity contribution is 0.232. The third-order valence-corrected chi connectivity index (χ3v) is 3.92. The molecule has 24 heavy (non-hydrogen) atoms. The molecular formula is C17H24ClN5O. The van der Waals surface area contributed by atoms with E-state index in [1.165, 1.54) is 0 Å². The monoisotopic (exact) mass is 349 g/mol. The molecule has 0 saturated heterocycles. The molecule has 2 aromatic rings. The minimum atomic E-state index is -0.244. The molecule has 0 radical (unpaired) electrons. The van der Waals surface area contributed by atoms with E-state index in [0.717, 1.165) is 11.4 Å². The van der Waals surface area contributed by atoms with Gasteiger partial charge in [-0.2, -0.15) is 5.10 Å². The Kier molecular flexibility index (Phi) is 6.20. The summed E-state index contributed by atoms with van der Waals surface area (Å²) < 4.78 is 0. The summed E-state index contributed by atoms with van der Waals surface area (Å²) in [5, 5.41) is 13.4. The number of aromatic amines is 1. The number of carbonyl (C=O) groups is 1. The summed E-state index contributed by atoms with van der Waals surface area (Å²) in [5.74, 6) is 1.88. The number of hydrogen-bond acceptors (Lipinski definition) is 3. The first-order chi connectivity index (χ1) is 11.4. The zero-order chi connectivity index (χ0) is 17.7. The fourth-order valence-electron chi connectivity index (χ4n) is 2.31. The summed E-state index contributed by atoms with van der Waals surface area (Å²) in [7, 11) is 0. The van der Waals surface area contributed by atoms with E-state index >= 15 is 0 Å². The Balaban J connectivity index is 1.94. The molecule has 1 atom stereocenters. The van der Waals surface area contributed by atoms with Crippen LogP contribution in [0.5, 0.6) is 0 Å². The maximum atomic E-state index is 12.2. The van der Waals surface area contributed by atoms with Crippen molar-refractivity contribution in [3.63, 3.8) is 0 Å². The van der Waals surface area contributed by atoms with Gasteiger partial charge in [-0.05, 0) is 23.6 Å². The van der Waals surface area contributed by atoms with Crippen LogP contribution in [-0.4, -0.2) is 21.2 Å². The van der Waals surface area contributed by atoms with Gasteiger partial charge in [-0.15, -0.1) is 0 Å². The average Bonchev–Trinajstić information content (AvgIpc) is 3.00. The van der Waals surface area contributed by atoms with Crippen LogP contribution >= 0.6 is 11.6 Å². The summed E-state index contributed by atoms with van der Waals surface area (Å²) in [6.45, 7) is 8.46. The Morgan fingerprint density at radius 1 is 1.21 bits per heavy atom. The molecule has 1 aromatic carbocycles. The first kappa shape index (κ1) is 18.3. The molecule has 2 amide bonds. The molecular weight excluding hydrogens is 326 g/mol. The van der Waals surface area contributed by atoms with Gasteiger partial charge in [-0.25, -0.2) is 9.78 Å². The highest BCUT2D eigenvalue weighted by Gasteiger charge is 2.18. The van der Waals surface area contributed by atoms with Gasteiger partial charge in [0.15, 0.2) is 5.82 Å². The predicted octanol–water partition coefficient (Wildman–Crippen LogP) is 3.78. The number of aromatic nitrogens is 3. The summed E-state index contributed by atoms with van der Waals surface area (Å²) >= 11 is 5.93. The highest BCUT2D eigenvalue weighted by Crippen LogP contribution is 2.23. The number of benzene rings is 1. The topological polar surface area (TPSA) is 82.7 Å². The van der Waals surface area contributed by atoms with Gasteiger partial charge < -0.3 is 10.6 Å². The summed E-state index contributed by atoms with van der Waals surface area (Å²) in [5.41, 5.74) is 1.02. The zero-order valence-corrected chi connectivity index (χ0v) is 15.2. The van der Waals surface area contributed by atoms with Crippen molar-refractivity contribution in [2.24, 2.45) is 5.92 Å². The van der Waals surface area contributed by atoms with Crippen LogP contribution in [0.15, 0.2) is 24.3 Å². The van der Waals surface area contributed by atoms with Crippen LogP contribution in [0.4, 0.5) is 4.79 Å². The van der Waals surface area contributed by atoms with Crippen LogP contribution in [0, 0.1) is 5.92 Å². The standard InChI is InChI=1S/C17H24ClN5O/c1-10(2)15(12-5-7-13(18)8-6-12)21-17(24)19-9-14-20-16(11(3)4)23-22-14/h5-8,10-11,15H,9H2,1-4H3,(H2,19,21,24)(H,20,22,23). The minimum Gasteiger partial charge on any atom is -0.331 e. The van der Waals surface area contributed by atoms with Crippen molar-refractivity contribution in [1.29, 1.82) is 0 Å². The van der Waals surface area contributed by atoms with Gasteiger partial charge in [-0.3, -0.25) is 5.10 Å². The molecule has 1 heterocycles. The number of amides is 2. The van der Waals surface area contributed by atoms with Crippen molar-refractivity contribution in [1.82, 2.24) is 25.8 Å². The number of halogens is 1. The molecule has 1 aromatic heterocycles. The smallest absolute Gasteiger partial charge is 0.315 e. The number of urea groups is 1. The molecule has 0 bridgehead atoms. The van der Waals surface area contributed by atoms with Crippen molar-refractivity contribution in [3.05, 3.63) is 46.5 Å². The van der Waals surface area contributed by atoms with Crippen LogP contribution in [0.3, 0.4) is 0 Å². The number of carbonyl (C=O) groups excluding carboxylic acids is 1. The Morgan fingerprint density at radius 3 is 2.42 bits per heavy atom. The number of rotatable bonds is 6. The van der Waals surface area contributed by atoms with Gasteiger partial charge >= 0.3 is 6.03 Å². The van der Waals surface area contributed by atoms with E-state index < -0.39 is 0 Å². The molecule has 0 spiro atoms. The van der Waals surface area contributed by atoms with Crippen molar-refractivity contribution >= 4 is 17.6 Å². The molecule has 130 valence electrons. The van der Waals surface area contributed by atoms with Crippen LogP contribution < -0.4 is 10.6 Å². The summed E-state index contributed by atoms with van der Waals surface area (Å²) in [4.78, 5) is 16.5. The molecule has 3 N–H and O–H groups in total. The third-order valence-electron chi connectivity index (χ3n) is 3.66. The van der Waals surface area contributed by atoms with E-state index in [1.807, 2.05) is 38.1 Å². The highest BCUT2D eigenvalue weighted by molar-refractivity contribution is 6.30. The van der Waals surface area contributed by atoms with E-state index in [4.69, 9.17) is 11.6 Å². The fourth-order valence-corrected chi connectivity index (χ4v) is 2.43. The van der Waals surface area contributed by atoms with E-state index in [9.17, 15) is 4.79 Å². The molecule has 1 unspecified atom stereocenters. The normalized spacial score (nSPS) is 12.5. The lowest BCUT2D eigenvalue weighted by Gasteiger charge is -2.23. The Morgan fingerprint density at radius 2 is 1.88 bits per heavy atom. The highest BCUT2D eigenvalue weighted by atomic mass is 35.5. The third kappa shape index (κ3) is 4.96. The van der Waals surface area contributed by atoms with Crippen molar-refractivity contribution in [2.45, 2.75) is 46.2 Å². The largest absolute Gasteiger partial charge is 0.331 e. The molecule has 2 rings (SSSR count). The molecule has 6 nitrogen and oxygen atoms in total. The SMILES string of the molecule is CC(C)c1n[nH]c(CNC(=O)NC(c2ccc(Cl)cc2)C(C)C)n1. The Bertz CT molecular complexity index is 666. The van der Waals surface area contributed by atoms with Crippen LogP contribution in [-0.2, 0) is 6.54 Å². The van der Waals surface area contributed by atoms with Gasteiger partial charge in [0.05, 0.1) is 12.6 Å². The molecule has 0 aliphatic carbocycles. The second kappa shape index (κ2) is 8.15. The van der Waals surface area contributed by atoms with Crippen molar-refractivity contribution in [2.75, 3.05) is 0 Å². The van der Waals surface area contributed by atoms with E-state index in [0.29, 0.717) is 17.4 Å². The first-order valence-electron chi connectivity index (χ1n) is 8.07. The maximum absolute atomic E-state index is 12.2. The van der Waals surface area contributed by atoms with Crippen molar-refractivity contribution < 1.29 is 4.79 Å². The van der Waals surface area contributed by atoms with Gasteiger partial charge in [0, 0.05) is 10.9 Å². The van der Waals surface area contributed by atoms with Crippen LogP contribution in [0.2, 0.25) is 5.02 Å². The van der Waals surface area contributed by atoms with Gasteiger partial charge in [0.2, 0.25) is 0 Å². The average molecular weight is 350 g/mol. The number of nitrogens with zero attached hydrogens (tertiary/aromatic N) is 2. The van der Waals surface area contributed by atoms with E-state index in [2.05, 4.69) is 39.7 Å². The Hall–Kier alpha value is -2.08. The quantitative estimate of drug-likeness (QED) is 0.742. The second-order valence-corrected chi connectivity index (χ2v) is 6.83. The molecule has 0 aliphatic rings. The van der Waals surface area contributed by atoms with Crippen LogP contribution in [0.25, 0.3) is 0 Å². The lowest BCUT2D eigenvalue weighted by atomic mass is 9.96. The second-order valence-electron chi connectivity index (χ2n) is 6.40.